The molecule has 180 valence electrons. The largest absolute Gasteiger partial charge is 0.480 e. The predicted molar refractivity (Wildman–Crippen MR) is 130 cm³/mol. The number of fused-ring (bicyclic) bond motifs is 1. The maximum atomic E-state index is 13.2. The number of benzene rings is 1. The molecule has 9 heteroatoms. The smallest absolute Gasteiger partial charge is 0.323 e. The van der Waals surface area contributed by atoms with E-state index in [2.05, 4.69) is 12.2 Å². The molecule has 0 saturated heterocycles. The number of carbonyl (C=O) groups is 3. The second kappa shape index (κ2) is 15.1. The van der Waals surface area contributed by atoms with Crippen molar-refractivity contribution in [1.29, 1.82) is 0 Å². The van der Waals surface area contributed by atoms with Crippen molar-refractivity contribution in [1.82, 2.24) is 5.32 Å². The first-order valence-electron chi connectivity index (χ1n) is 11.2. The minimum atomic E-state index is -1.08. The summed E-state index contributed by atoms with van der Waals surface area (Å²) < 4.78 is 5.23. The lowest BCUT2D eigenvalue weighted by Crippen LogP contribution is -2.54. The van der Waals surface area contributed by atoms with Gasteiger partial charge in [-0.05, 0) is 25.5 Å². The van der Waals surface area contributed by atoms with Crippen molar-refractivity contribution >= 4 is 47.7 Å². The molecule has 32 heavy (non-hydrogen) atoms. The van der Waals surface area contributed by atoms with Crippen molar-refractivity contribution in [2.24, 2.45) is 0 Å². The molecule has 1 aromatic carbocycles. The minimum Gasteiger partial charge on any atom is -0.480 e. The first kappa shape index (κ1) is 28.3. The second-order valence-corrected chi connectivity index (χ2v) is 8.74. The van der Waals surface area contributed by atoms with Gasteiger partial charge in [0.15, 0.2) is 0 Å². The van der Waals surface area contributed by atoms with Crippen molar-refractivity contribution < 1.29 is 24.2 Å². The number of nitrogens with one attached hydrogen (secondary N) is 1. The number of para-hydroxylation sites is 1. The Balaban J connectivity index is 0.00000512. The van der Waals surface area contributed by atoms with Crippen LogP contribution in [-0.2, 0) is 19.1 Å². The van der Waals surface area contributed by atoms with Crippen LogP contribution in [0.15, 0.2) is 29.2 Å². The van der Waals surface area contributed by atoms with Crippen molar-refractivity contribution in [3.05, 3.63) is 24.3 Å². The summed E-state index contributed by atoms with van der Waals surface area (Å²) in [5, 5.41) is 12.5. The van der Waals surface area contributed by atoms with Crippen LogP contribution in [0.2, 0.25) is 0 Å². The number of ether oxygens (including phenoxy) is 1. The lowest BCUT2D eigenvalue weighted by atomic mass is 10.0. The van der Waals surface area contributed by atoms with E-state index in [4.69, 9.17) is 4.74 Å². The number of rotatable bonds is 13. The summed E-state index contributed by atoms with van der Waals surface area (Å²) in [5.41, 5.74) is 0.591. The molecule has 0 radical (unpaired) electrons. The number of carbonyl (C=O) groups excluding carboxylic acids is 2. The van der Waals surface area contributed by atoms with Gasteiger partial charge in [0.05, 0.1) is 18.3 Å². The zero-order valence-electron chi connectivity index (χ0n) is 18.9. The predicted octanol–water partition coefficient (Wildman–Crippen LogP) is 4.27. The van der Waals surface area contributed by atoms with E-state index in [9.17, 15) is 19.5 Å². The lowest BCUT2D eigenvalue weighted by molar-refractivity contribution is -0.146. The first-order valence-corrected chi connectivity index (χ1v) is 12.1. The zero-order valence-corrected chi connectivity index (χ0v) is 20.5. The molecule has 0 bridgehead atoms. The van der Waals surface area contributed by atoms with E-state index in [1.54, 1.807) is 19.1 Å². The number of hydrogen-bond donors (Lipinski definition) is 2. The molecule has 1 aromatic rings. The monoisotopic (exact) mass is 486 g/mol. The summed E-state index contributed by atoms with van der Waals surface area (Å²) in [7, 11) is 0. The maximum Gasteiger partial charge on any atom is 0.323 e. The minimum absolute atomic E-state index is 0. The quantitative estimate of drug-likeness (QED) is 0.317. The molecule has 1 aliphatic rings. The molecule has 1 heterocycles. The number of amides is 1. The van der Waals surface area contributed by atoms with Crippen molar-refractivity contribution in [3.63, 3.8) is 0 Å². The van der Waals surface area contributed by atoms with Gasteiger partial charge in [0.25, 0.3) is 0 Å². The standard InChI is InChI=1S/C23H34N2O5S.ClH/c1-3-5-6-7-8-9-12-17(23(29)30-4-2)24-18-16-31-20-14-11-10-13-19(20)25(22(18)28)15-21(26)27;/h10-11,13-14,17-18,24H,3-9,12,15-16H2,1-2H3,(H,26,27);1H. The third-order valence-electron chi connectivity index (χ3n) is 5.24. The number of carboxylic acids is 1. The number of aliphatic carboxylic acids is 1. The summed E-state index contributed by atoms with van der Waals surface area (Å²) in [4.78, 5) is 39.3. The van der Waals surface area contributed by atoms with Crippen LogP contribution < -0.4 is 10.2 Å². The van der Waals surface area contributed by atoms with Gasteiger partial charge in [-0.25, -0.2) is 0 Å². The van der Waals surface area contributed by atoms with Crippen LogP contribution >= 0.6 is 24.2 Å². The number of carboxylic acid groups (broad SMARTS) is 1. The van der Waals surface area contributed by atoms with E-state index in [1.807, 2.05) is 12.1 Å². The molecular formula is C23H35ClN2O5S. The number of hydrogen-bond acceptors (Lipinski definition) is 6. The highest BCUT2D eigenvalue weighted by atomic mass is 35.5. The van der Waals surface area contributed by atoms with Gasteiger partial charge in [-0.1, -0.05) is 57.6 Å². The Labute approximate surface area is 201 Å². The molecule has 2 atom stereocenters. The van der Waals surface area contributed by atoms with Crippen LogP contribution in [0.3, 0.4) is 0 Å². The number of nitrogens with zero attached hydrogens (tertiary/aromatic N) is 1. The molecule has 0 aliphatic carbocycles. The molecule has 7 nitrogen and oxygen atoms in total. The molecule has 2 unspecified atom stereocenters. The summed E-state index contributed by atoms with van der Waals surface area (Å²) in [5.74, 6) is -1.36. The highest BCUT2D eigenvalue weighted by Crippen LogP contribution is 2.34. The SMILES string of the molecule is CCCCCCCCC(NC1CSc2ccccc2N(CC(=O)O)C1=O)C(=O)OCC.Cl. The van der Waals surface area contributed by atoms with Gasteiger partial charge in [-0.3, -0.25) is 24.6 Å². The normalized spacial score (nSPS) is 16.5. The Morgan fingerprint density at radius 1 is 1.19 bits per heavy atom. The third-order valence-corrected chi connectivity index (χ3v) is 6.40. The summed E-state index contributed by atoms with van der Waals surface area (Å²) >= 11 is 1.49. The number of anilines is 1. The number of esters is 1. The molecule has 0 saturated carbocycles. The topological polar surface area (TPSA) is 95.9 Å². The van der Waals surface area contributed by atoms with Crippen molar-refractivity contribution in [2.75, 3.05) is 23.8 Å². The molecule has 2 rings (SSSR count). The van der Waals surface area contributed by atoms with E-state index in [1.165, 1.54) is 35.9 Å². The van der Waals surface area contributed by atoms with Gasteiger partial charge >= 0.3 is 11.9 Å². The van der Waals surface area contributed by atoms with Crippen LogP contribution in [0.1, 0.15) is 58.8 Å². The lowest BCUT2D eigenvalue weighted by Gasteiger charge is -2.27. The van der Waals surface area contributed by atoms with Crippen LogP contribution in [0, 0.1) is 0 Å². The van der Waals surface area contributed by atoms with Crippen LogP contribution in [0.25, 0.3) is 0 Å². The fourth-order valence-electron chi connectivity index (χ4n) is 3.65. The van der Waals surface area contributed by atoms with Crippen molar-refractivity contribution in [2.45, 2.75) is 75.8 Å². The summed E-state index contributed by atoms with van der Waals surface area (Å²) in [6.45, 7) is 3.79. The van der Waals surface area contributed by atoms with Gasteiger partial charge in [-0.2, -0.15) is 0 Å². The average Bonchev–Trinajstić information content (AvgIpc) is 2.87. The average molecular weight is 487 g/mol. The van der Waals surface area contributed by atoms with Gasteiger partial charge in [0.1, 0.15) is 12.6 Å². The molecule has 1 amide bonds. The fourth-order valence-corrected chi connectivity index (χ4v) is 4.74. The van der Waals surface area contributed by atoms with Crippen molar-refractivity contribution in [3.8, 4) is 0 Å². The second-order valence-electron chi connectivity index (χ2n) is 7.68. The van der Waals surface area contributed by atoms with E-state index in [0.29, 0.717) is 17.9 Å². The Bertz CT molecular complexity index is 749. The molecular weight excluding hydrogens is 452 g/mol. The molecule has 0 fully saturated rings. The van der Waals surface area contributed by atoms with E-state index in [0.717, 1.165) is 24.2 Å². The molecule has 1 aliphatic heterocycles. The zero-order chi connectivity index (χ0) is 22.6. The van der Waals surface area contributed by atoms with Crippen LogP contribution in [0.4, 0.5) is 5.69 Å². The number of unbranched alkanes of at least 4 members (excludes halogenated alkanes) is 5. The summed E-state index contributed by atoms with van der Waals surface area (Å²) in [6.07, 6.45) is 7.20. The van der Waals surface area contributed by atoms with E-state index < -0.39 is 24.6 Å². The third kappa shape index (κ3) is 8.64. The molecule has 0 spiro atoms. The van der Waals surface area contributed by atoms with E-state index >= 15 is 0 Å². The van der Waals surface area contributed by atoms with Gasteiger partial charge in [0.2, 0.25) is 5.91 Å². The maximum absolute atomic E-state index is 13.2. The Hall–Kier alpha value is -1.77. The summed E-state index contributed by atoms with van der Waals surface area (Å²) in [6, 6.07) is 6.02. The van der Waals surface area contributed by atoms with E-state index in [-0.39, 0.29) is 30.9 Å². The Morgan fingerprint density at radius 3 is 2.56 bits per heavy atom. The highest BCUT2D eigenvalue weighted by molar-refractivity contribution is 7.99. The Kier molecular flexibility index (Phi) is 13.4. The van der Waals surface area contributed by atoms with Crippen LogP contribution in [0.5, 0.6) is 0 Å². The highest BCUT2D eigenvalue weighted by Gasteiger charge is 2.34. The Morgan fingerprint density at radius 2 is 1.88 bits per heavy atom. The van der Waals surface area contributed by atoms with Gasteiger partial charge in [-0.15, -0.1) is 24.2 Å². The van der Waals surface area contributed by atoms with Crippen LogP contribution in [-0.4, -0.2) is 53.9 Å². The van der Waals surface area contributed by atoms with Gasteiger partial charge in [0, 0.05) is 10.6 Å². The van der Waals surface area contributed by atoms with Gasteiger partial charge < -0.3 is 9.84 Å². The number of halogens is 1. The molecule has 2 N–H and O–H groups in total. The fraction of sp³-hybridized carbons (Fsp3) is 0.609. The number of thioether (sulfide) groups is 1. The molecule has 0 aromatic heterocycles. The first-order chi connectivity index (χ1) is 15.0.